The van der Waals surface area contributed by atoms with E-state index >= 15 is 0 Å². The lowest BCUT2D eigenvalue weighted by atomic mass is 10.1. The molecule has 0 spiro atoms. The molecule has 0 aliphatic heterocycles. The van der Waals surface area contributed by atoms with Crippen molar-refractivity contribution in [3.8, 4) is 0 Å². The molecule has 2 heterocycles. The molecule has 5 nitrogen and oxygen atoms in total. The van der Waals surface area contributed by atoms with Gasteiger partial charge in [0.05, 0.1) is 0 Å². The molecule has 116 valence electrons. The monoisotopic (exact) mass is 299 g/mol. The van der Waals surface area contributed by atoms with Crippen molar-refractivity contribution < 1.29 is 4.79 Å². The van der Waals surface area contributed by atoms with Crippen LogP contribution in [0.2, 0.25) is 0 Å². The van der Waals surface area contributed by atoms with E-state index in [9.17, 15) is 9.59 Å². The van der Waals surface area contributed by atoms with Gasteiger partial charge in [-0.05, 0) is 32.4 Å². The van der Waals surface area contributed by atoms with E-state index in [2.05, 4.69) is 9.97 Å². The van der Waals surface area contributed by atoms with Crippen LogP contribution in [0.4, 0.5) is 0 Å². The minimum Gasteiger partial charge on any atom is -0.364 e. The van der Waals surface area contributed by atoms with Crippen molar-refractivity contribution in [1.29, 1.82) is 0 Å². The van der Waals surface area contributed by atoms with Gasteiger partial charge in [-0.2, -0.15) is 0 Å². The second-order valence-electron chi connectivity index (χ2n) is 5.63. The third-order valence-electron chi connectivity index (χ3n) is 3.88. The molecule has 2 rings (SSSR count). The lowest BCUT2D eigenvalue weighted by molar-refractivity contribution is 0.0741. The highest BCUT2D eigenvalue weighted by Crippen LogP contribution is 2.11. The largest absolute Gasteiger partial charge is 0.364 e. The summed E-state index contributed by atoms with van der Waals surface area (Å²) >= 11 is 0. The first-order valence-electron chi connectivity index (χ1n) is 7.27. The van der Waals surface area contributed by atoms with Gasteiger partial charge in [0, 0.05) is 49.4 Å². The van der Waals surface area contributed by atoms with Gasteiger partial charge < -0.3 is 9.88 Å². The highest BCUT2D eigenvalue weighted by Gasteiger charge is 2.21. The number of nitrogens with one attached hydrogen (secondary N) is 1. The average Bonchev–Trinajstić information content (AvgIpc) is 2.48. The number of aryl methyl sites for hydroxylation is 2. The lowest BCUT2D eigenvalue weighted by Gasteiger charge is -2.25. The molecule has 0 aromatic carbocycles. The molecule has 1 atom stereocenters. The molecule has 0 radical (unpaired) electrons. The van der Waals surface area contributed by atoms with Gasteiger partial charge in [0.1, 0.15) is 5.56 Å². The van der Waals surface area contributed by atoms with Crippen LogP contribution >= 0.6 is 0 Å². The Kier molecular flexibility index (Phi) is 4.75. The maximum atomic E-state index is 12.5. The van der Waals surface area contributed by atoms with E-state index in [1.807, 2.05) is 26.0 Å². The first-order valence-corrected chi connectivity index (χ1v) is 7.27. The summed E-state index contributed by atoms with van der Waals surface area (Å²) in [7, 11) is 1.71. The number of hydrogen-bond acceptors (Lipinski definition) is 3. The molecule has 2 aromatic heterocycles. The smallest absolute Gasteiger partial charge is 0.259 e. The molecular weight excluding hydrogens is 278 g/mol. The quantitative estimate of drug-likeness (QED) is 0.940. The Morgan fingerprint density at radius 1 is 1.41 bits per heavy atom. The van der Waals surface area contributed by atoms with Gasteiger partial charge >= 0.3 is 0 Å². The van der Waals surface area contributed by atoms with Gasteiger partial charge in [-0.25, -0.2) is 0 Å². The topological polar surface area (TPSA) is 66.1 Å². The fraction of sp³-hybridized carbons (Fsp3) is 0.353. The SMILES string of the molecule is Cc1cc(=O)c(C(=O)N(C)C(C)Cc2ncccc2C)c[nH]1. The molecule has 0 aliphatic rings. The molecule has 1 unspecified atom stereocenters. The summed E-state index contributed by atoms with van der Waals surface area (Å²) in [6.45, 7) is 5.74. The van der Waals surface area contributed by atoms with E-state index in [4.69, 9.17) is 0 Å². The summed E-state index contributed by atoms with van der Waals surface area (Å²) in [5.41, 5.74) is 2.71. The Morgan fingerprint density at radius 3 is 2.77 bits per heavy atom. The lowest BCUT2D eigenvalue weighted by Crippen LogP contribution is -2.39. The van der Waals surface area contributed by atoms with Gasteiger partial charge in [-0.15, -0.1) is 0 Å². The summed E-state index contributed by atoms with van der Waals surface area (Å²) < 4.78 is 0. The van der Waals surface area contributed by atoms with Crippen LogP contribution < -0.4 is 5.43 Å². The van der Waals surface area contributed by atoms with Crippen molar-refractivity contribution in [2.75, 3.05) is 7.05 Å². The van der Waals surface area contributed by atoms with E-state index in [1.165, 1.54) is 12.3 Å². The highest BCUT2D eigenvalue weighted by atomic mass is 16.2. The Labute approximate surface area is 130 Å². The molecular formula is C17H21N3O2. The van der Waals surface area contributed by atoms with Crippen molar-refractivity contribution >= 4 is 5.91 Å². The molecule has 0 bridgehead atoms. The van der Waals surface area contributed by atoms with Gasteiger partial charge in [-0.1, -0.05) is 6.07 Å². The Bertz CT molecular complexity index is 737. The number of nitrogens with zero attached hydrogens (tertiary/aromatic N) is 2. The number of carbonyl (C=O) groups excluding carboxylic acids is 1. The van der Waals surface area contributed by atoms with Crippen molar-refractivity contribution in [2.24, 2.45) is 0 Å². The van der Waals surface area contributed by atoms with E-state index in [-0.39, 0.29) is 22.9 Å². The molecule has 0 saturated carbocycles. The average molecular weight is 299 g/mol. The van der Waals surface area contributed by atoms with E-state index in [0.717, 1.165) is 17.0 Å². The van der Waals surface area contributed by atoms with Gasteiger partial charge in [0.2, 0.25) is 0 Å². The first-order chi connectivity index (χ1) is 10.4. The van der Waals surface area contributed by atoms with Crippen LogP contribution in [0.25, 0.3) is 0 Å². The standard InChI is InChI=1S/C17H21N3O2/c1-11-6-5-7-18-15(11)9-13(3)20(4)17(22)14-10-19-12(2)8-16(14)21/h5-8,10,13H,9H2,1-4H3,(H,19,21). The second kappa shape index (κ2) is 6.56. The number of hydrogen-bond donors (Lipinski definition) is 1. The Morgan fingerprint density at radius 2 is 2.14 bits per heavy atom. The third kappa shape index (κ3) is 3.42. The number of carbonyl (C=O) groups is 1. The van der Waals surface area contributed by atoms with Gasteiger partial charge in [0.25, 0.3) is 5.91 Å². The minimum absolute atomic E-state index is 0.0539. The normalized spacial score (nSPS) is 12.0. The fourth-order valence-corrected chi connectivity index (χ4v) is 2.28. The van der Waals surface area contributed by atoms with Crippen molar-refractivity contribution in [2.45, 2.75) is 33.2 Å². The fourth-order valence-electron chi connectivity index (χ4n) is 2.28. The maximum absolute atomic E-state index is 12.5. The van der Waals surface area contributed by atoms with Crippen molar-refractivity contribution in [3.05, 3.63) is 63.3 Å². The van der Waals surface area contributed by atoms with E-state index in [1.54, 1.807) is 25.1 Å². The second-order valence-corrected chi connectivity index (χ2v) is 5.63. The number of rotatable bonds is 4. The molecule has 0 saturated heterocycles. The minimum atomic E-state index is -0.276. The predicted molar refractivity (Wildman–Crippen MR) is 86.0 cm³/mol. The molecule has 5 heteroatoms. The summed E-state index contributed by atoms with van der Waals surface area (Å²) in [6.07, 6.45) is 3.88. The van der Waals surface area contributed by atoms with Crippen LogP contribution in [0.15, 0.2) is 35.4 Å². The molecule has 1 amide bonds. The van der Waals surface area contributed by atoms with E-state index in [0.29, 0.717) is 6.42 Å². The molecule has 0 fully saturated rings. The number of pyridine rings is 2. The summed E-state index contributed by atoms with van der Waals surface area (Å²) in [5.74, 6) is -0.276. The van der Waals surface area contributed by atoms with Crippen LogP contribution in [0.3, 0.4) is 0 Å². The number of H-pyrrole nitrogens is 1. The Hall–Kier alpha value is -2.43. The van der Waals surface area contributed by atoms with Gasteiger partial charge in [-0.3, -0.25) is 14.6 Å². The zero-order valence-electron chi connectivity index (χ0n) is 13.4. The van der Waals surface area contributed by atoms with Crippen LogP contribution in [0.5, 0.6) is 0 Å². The molecule has 2 aromatic rings. The Balaban J connectivity index is 2.16. The summed E-state index contributed by atoms with van der Waals surface area (Å²) in [5, 5.41) is 0. The number of aromatic amines is 1. The van der Waals surface area contributed by atoms with Crippen LogP contribution in [0, 0.1) is 13.8 Å². The molecule has 22 heavy (non-hydrogen) atoms. The summed E-state index contributed by atoms with van der Waals surface area (Å²) in [4.78, 5) is 33.3. The molecule has 0 aliphatic carbocycles. The number of aromatic nitrogens is 2. The van der Waals surface area contributed by atoms with Crippen LogP contribution in [-0.2, 0) is 6.42 Å². The first kappa shape index (κ1) is 15.9. The van der Waals surface area contributed by atoms with Crippen LogP contribution in [0.1, 0.15) is 34.2 Å². The zero-order valence-corrected chi connectivity index (χ0v) is 13.4. The molecule has 1 N–H and O–H groups in total. The number of likely N-dealkylation sites (N-methyl/N-ethyl adjacent to an activating group) is 1. The van der Waals surface area contributed by atoms with Crippen LogP contribution in [-0.4, -0.2) is 33.9 Å². The zero-order chi connectivity index (χ0) is 16.3. The highest BCUT2D eigenvalue weighted by molar-refractivity contribution is 5.93. The maximum Gasteiger partial charge on any atom is 0.259 e. The number of amides is 1. The van der Waals surface area contributed by atoms with Gasteiger partial charge in [0.15, 0.2) is 5.43 Å². The van der Waals surface area contributed by atoms with E-state index < -0.39 is 0 Å². The van der Waals surface area contributed by atoms with Crippen molar-refractivity contribution in [1.82, 2.24) is 14.9 Å². The van der Waals surface area contributed by atoms with Crippen molar-refractivity contribution in [3.63, 3.8) is 0 Å². The summed E-state index contributed by atoms with van der Waals surface area (Å²) in [6, 6.07) is 5.28. The predicted octanol–water partition coefficient (Wildman–Crippen LogP) is 2.09. The third-order valence-corrected chi connectivity index (χ3v) is 3.88.